The van der Waals surface area contributed by atoms with Gasteiger partial charge in [-0.2, -0.15) is 0 Å². The standard InChI is InChI=1S/C63H63BN2O/c1-59(2,3)37-22-25-39(26-23-37)65-49-33-47-46(61(7,8)28-29-62(47,9)10)31-42(49)55-56-53(40-20-16-17-21-45(40)63(56,11)12)54-43-30-38(60(4,5)6)24-27-50(43)66-51-32-41-44(36-18-14-13-15-19-36)35-67-52(41)34-48(51)64-57(55)58(54)66/h13-27,30-35,64-65H,28-29H2,1-12H3. The molecule has 7 aromatic carbocycles. The third-order valence-corrected chi connectivity index (χ3v) is 16.4. The molecule has 12 rings (SSSR count). The number of aromatic nitrogens is 1. The second kappa shape index (κ2) is 13.9. The molecule has 334 valence electrons. The smallest absolute Gasteiger partial charge is 0.198 e. The molecule has 4 heteroatoms. The Bertz CT molecular complexity index is 3540. The first kappa shape index (κ1) is 42.1. The molecule has 67 heavy (non-hydrogen) atoms. The molecule has 0 atom stereocenters. The normalized spacial score (nSPS) is 16.4. The molecular weight excluding hydrogens is 812 g/mol. The summed E-state index contributed by atoms with van der Waals surface area (Å²) in [7, 11) is 0.784. The van der Waals surface area contributed by atoms with Crippen LogP contribution in [0.4, 0.5) is 11.4 Å². The van der Waals surface area contributed by atoms with Crippen LogP contribution in [0.3, 0.4) is 0 Å². The first-order chi connectivity index (χ1) is 31.7. The van der Waals surface area contributed by atoms with E-state index in [2.05, 4.69) is 214 Å². The number of rotatable bonds is 4. The van der Waals surface area contributed by atoms with Crippen LogP contribution in [0.15, 0.2) is 132 Å². The third-order valence-electron chi connectivity index (χ3n) is 16.4. The lowest BCUT2D eigenvalue weighted by atomic mass is 9.56. The molecule has 1 aliphatic heterocycles. The predicted molar refractivity (Wildman–Crippen MR) is 288 cm³/mol. The van der Waals surface area contributed by atoms with E-state index < -0.39 is 0 Å². The summed E-state index contributed by atoms with van der Waals surface area (Å²) in [6.45, 7) is 28.7. The van der Waals surface area contributed by atoms with E-state index in [1.54, 1.807) is 0 Å². The molecule has 3 aliphatic rings. The number of nitrogens with zero attached hydrogens (tertiary/aromatic N) is 1. The Morgan fingerprint density at radius 2 is 1.25 bits per heavy atom. The monoisotopic (exact) mass is 875 g/mol. The highest BCUT2D eigenvalue weighted by Crippen LogP contribution is 2.58. The molecule has 9 aromatic rings. The third kappa shape index (κ3) is 6.17. The molecule has 2 aromatic heterocycles. The average Bonchev–Trinajstić information content (AvgIpc) is 3.93. The summed E-state index contributed by atoms with van der Waals surface area (Å²) >= 11 is 0. The van der Waals surface area contributed by atoms with E-state index in [-0.39, 0.29) is 27.1 Å². The maximum Gasteiger partial charge on any atom is 0.198 e. The number of nitrogens with one attached hydrogen (secondary N) is 1. The van der Waals surface area contributed by atoms with Gasteiger partial charge >= 0.3 is 0 Å². The fraction of sp³-hybridized carbons (Fsp3) is 0.302. The van der Waals surface area contributed by atoms with E-state index in [0.29, 0.717) is 0 Å². The summed E-state index contributed by atoms with van der Waals surface area (Å²) in [6.07, 6.45) is 4.26. The molecule has 3 nitrogen and oxygen atoms in total. The Balaban J connectivity index is 1.25. The molecule has 0 radical (unpaired) electrons. The number of fused-ring (bicyclic) bond motifs is 11. The first-order valence-corrected chi connectivity index (χ1v) is 24.7. The highest BCUT2D eigenvalue weighted by Gasteiger charge is 2.45. The highest BCUT2D eigenvalue weighted by molar-refractivity contribution is 6.74. The van der Waals surface area contributed by atoms with E-state index in [9.17, 15) is 0 Å². The maximum absolute atomic E-state index is 6.52. The van der Waals surface area contributed by atoms with Gasteiger partial charge in [-0.3, -0.25) is 0 Å². The molecule has 0 saturated heterocycles. The zero-order valence-corrected chi connectivity index (χ0v) is 41.6. The van der Waals surface area contributed by atoms with Crippen LogP contribution in [0, 0.1) is 0 Å². The Hall–Kier alpha value is -6.26. The molecule has 0 bridgehead atoms. The highest BCUT2D eigenvalue weighted by atomic mass is 16.3. The van der Waals surface area contributed by atoms with Crippen molar-refractivity contribution in [3.05, 3.63) is 161 Å². The molecule has 1 N–H and O–H groups in total. The van der Waals surface area contributed by atoms with Crippen molar-refractivity contribution in [1.82, 2.24) is 4.57 Å². The van der Waals surface area contributed by atoms with Crippen LogP contribution in [0.2, 0.25) is 0 Å². The topological polar surface area (TPSA) is 30.1 Å². The zero-order chi connectivity index (χ0) is 46.7. The lowest BCUT2D eigenvalue weighted by molar-refractivity contribution is 0.332. The van der Waals surface area contributed by atoms with Crippen LogP contribution in [-0.4, -0.2) is 11.8 Å². The SMILES string of the molecule is CC(C)(C)c1ccc(Nc2cc3c(cc2-c2c4c(c5c6cc(C(C)(C)C)ccc6n6c5c2Bc2cc5occ(-c7ccccc7)c5cc2-6)-c2ccccc2C4(C)C)C(C)(C)CCC3(C)C)cc1. The van der Waals surface area contributed by atoms with Crippen LogP contribution in [-0.2, 0) is 27.1 Å². The minimum Gasteiger partial charge on any atom is -0.464 e. The molecule has 2 aliphatic carbocycles. The predicted octanol–water partition coefficient (Wildman–Crippen LogP) is 15.6. The molecule has 0 spiro atoms. The van der Waals surface area contributed by atoms with Gasteiger partial charge in [0.1, 0.15) is 5.58 Å². The molecule has 3 heterocycles. The molecule has 0 amide bonds. The summed E-state index contributed by atoms with van der Waals surface area (Å²) < 4.78 is 9.16. The van der Waals surface area contributed by atoms with Gasteiger partial charge in [0.25, 0.3) is 0 Å². The molecule has 0 saturated carbocycles. The average molecular weight is 875 g/mol. The summed E-state index contributed by atoms with van der Waals surface area (Å²) in [5, 5.41) is 7.97. The minimum atomic E-state index is -0.284. The van der Waals surface area contributed by atoms with Gasteiger partial charge in [0, 0.05) is 55.3 Å². The van der Waals surface area contributed by atoms with E-state index >= 15 is 0 Å². The largest absolute Gasteiger partial charge is 0.464 e. The summed E-state index contributed by atoms with van der Waals surface area (Å²) in [5.41, 5.74) is 25.7. The second-order valence-electron chi connectivity index (χ2n) is 24.1. The second-order valence-corrected chi connectivity index (χ2v) is 24.1. The van der Waals surface area contributed by atoms with E-state index in [0.717, 1.165) is 42.3 Å². The number of hydrogen-bond acceptors (Lipinski definition) is 2. The Kier molecular flexibility index (Phi) is 8.75. The maximum atomic E-state index is 6.52. The summed E-state index contributed by atoms with van der Waals surface area (Å²) in [4.78, 5) is 0. The number of furan rings is 1. The van der Waals surface area contributed by atoms with E-state index in [1.807, 2.05) is 6.26 Å². The van der Waals surface area contributed by atoms with Gasteiger partial charge in [0.05, 0.1) is 11.8 Å². The summed E-state index contributed by atoms with van der Waals surface area (Å²) in [5.74, 6) is 0. The van der Waals surface area contributed by atoms with Crippen molar-refractivity contribution >= 4 is 62.4 Å². The van der Waals surface area contributed by atoms with Crippen LogP contribution in [0.5, 0.6) is 0 Å². The molecule has 0 fully saturated rings. The van der Waals surface area contributed by atoms with Crippen molar-refractivity contribution in [3.63, 3.8) is 0 Å². The van der Waals surface area contributed by atoms with Gasteiger partial charge in [-0.05, 0) is 144 Å². The van der Waals surface area contributed by atoms with Crippen molar-refractivity contribution in [3.8, 4) is 39.1 Å². The van der Waals surface area contributed by atoms with Gasteiger partial charge in [-0.15, -0.1) is 0 Å². The van der Waals surface area contributed by atoms with Crippen LogP contribution < -0.4 is 16.2 Å². The van der Waals surface area contributed by atoms with Crippen LogP contribution >= 0.6 is 0 Å². The first-order valence-electron chi connectivity index (χ1n) is 24.7. The summed E-state index contributed by atoms with van der Waals surface area (Å²) in [6, 6.07) is 46.5. The van der Waals surface area contributed by atoms with Crippen molar-refractivity contribution in [2.75, 3.05) is 5.32 Å². The van der Waals surface area contributed by atoms with Gasteiger partial charge in [0.15, 0.2) is 7.28 Å². The lowest BCUT2D eigenvalue weighted by Gasteiger charge is -2.43. The Labute approximate surface area is 397 Å². The van der Waals surface area contributed by atoms with Gasteiger partial charge in [-0.1, -0.05) is 161 Å². The zero-order valence-electron chi connectivity index (χ0n) is 41.6. The van der Waals surface area contributed by atoms with Gasteiger partial charge < -0.3 is 14.3 Å². The number of anilines is 2. The fourth-order valence-corrected chi connectivity index (χ4v) is 12.4. The van der Waals surface area contributed by atoms with Crippen LogP contribution in [0.1, 0.15) is 129 Å². The van der Waals surface area contributed by atoms with Crippen molar-refractivity contribution < 1.29 is 4.42 Å². The van der Waals surface area contributed by atoms with Crippen molar-refractivity contribution in [1.29, 1.82) is 0 Å². The molecule has 0 unspecified atom stereocenters. The van der Waals surface area contributed by atoms with Crippen molar-refractivity contribution in [2.45, 2.75) is 123 Å². The van der Waals surface area contributed by atoms with Crippen LogP contribution in [0.25, 0.3) is 71.8 Å². The molecular formula is C63H63BN2O. The lowest BCUT2D eigenvalue weighted by Crippen LogP contribution is -2.39. The van der Waals surface area contributed by atoms with Gasteiger partial charge in [0.2, 0.25) is 0 Å². The number of benzene rings is 7. The van der Waals surface area contributed by atoms with E-state index in [4.69, 9.17) is 4.42 Å². The van der Waals surface area contributed by atoms with E-state index in [1.165, 1.54) is 105 Å². The minimum absolute atomic E-state index is 0.0156. The Morgan fingerprint density at radius 1 is 0.597 bits per heavy atom. The Morgan fingerprint density at radius 3 is 1.96 bits per heavy atom. The number of hydrogen-bond donors (Lipinski definition) is 1. The van der Waals surface area contributed by atoms with Gasteiger partial charge in [-0.25, -0.2) is 0 Å². The fourth-order valence-electron chi connectivity index (χ4n) is 12.4. The van der Waals surface area contributed by atoms with Crippen molar-refractivity contribution in [2.24, 2.45) is 0 Å². The quantitative estimate of drug-likeness (QED) is 0.179.